The predicted octanol–water partition coefficient (Wildman–Crippen LogP) is 13.4. The van der Waals surface area contributed by atoms with Crippen LogP contribution >= 0.6 is 0 Å². The second-order valence-corrected chi connectivity index (χ2v) is 14.2. The van der Waals surface area contributed by atoms with Crippen LogP contribution in [0.25, 0.3) is 116 Å². The van der Waals surface area contributed by atoms with Crippen LogP contribution in [0, 0.1) is 0 Å². The number of aromatic nitrogens is 3. The largest absolute Gasteiger partial charge is 0.456 e. The van der Waals surface area contributed by atoms with E-state index in [1.54, 1.807) is 0 Å². The highest BCUT2D eigenvalue weighted by Crippen LogP contribution is 2.45. The van der Waals surface area contributed by atoms with E-state index in [-0.39, 0.29) is 0 Å². The van der Waals surface area contributed by atoms with Crippen LogP contribution in [0.3, 0.4) is 0 Å². The Balaban J connectivity index is 1.01. The number of fused-ring (bicyclic) bond motifs is 2. The van der Waals surface area contributed by atoms with Crippen molar-refractivity contribution in [3.63, 3.8) is 0 Å². The highest BCUT2D eigenvalue weighted by molar-refractivity contribution is 6.33. The number of rotatable bonds is 4. The Labute approximate surface area is 309 Å². The fourth-order valence-electron chi connectivity index (χ4n) is 8.63. The molecule has 0 N–H and O–H groups in total. The molecule has 3 heterocycles. The van der Waals surface area contributed by atoms with Crippen molar-refractivity contribution in [2.75, 3.05) is 0 Å². The van der Waals surface area contributed by atoms with Gasteiger partial charge >= 0.3 is 0 Å². The zero-order valence-corrected chi connectivity index (χ0v) is 29.0. The van der Waals surface area contributed by atoms with Gasteiger partial charge in [0.05, 0.1) is 22.2 Å². The lowest BCUT2D eigenvalue weighted by atomic mass is 10.00. The van der Waals surface area contributed by atoms with E-state index in [1.165, 1.54) is 43.7 Å². The molecule has 0 aliphatic carbocycles. The Morgan fingerprint density at radius 2 is 0.981 bits per heavy atom. The summed E-state index contributed by atoms with van der Waals surface area (Å²) in [5, 5.41) is 10.5. The molecule has 4 heteroatoms. The second-order valence-electron chi connectivity index (χ2n) is 14.2. The van der Waals surface area contributed by atoms with Crippen LogP contribution in [0.5, 0.6) is 0 Å². The van der Waals surface area contributed by atoms with E-state index < -0.39 is 0 Å². The fourth-order valence-corrected chi connectivity index (χ4v) is 8.63. The van der Waals surface area contributed by atoms with Gasteiger partial charge < -0.3 is 8.98 Å². The average Bonchev–Trinajstić information content (AvgIpc) is 3.49. The van der Waals surface area contributed by atoms with Gasteiger partial charge in [-0.3, -0.25) is 0 Å². The SMILES string of the molecule is c1ccc(-c2ccc(-c3nc(-c4ccc5cc(-n6c7ccc8cccc9oc%10cccc%11ccc6c(c%11%10)c7c89)ccc5c4)nc4ccccc34)cc2)cc1. The molecule has 0 aliphatic rings. The molecule has 0 saturated carbocycles. The number of benzene rings is 9. The number of hydrogen-bond donors (Lipinski definition) is 0. The normalized spacial score (nSPS) is 12.1. The zero-order valence-electron chi connectivity index (χ0n) is 29.0. The fraction of sp³-hybridized carbons (Fsp3) is 0. The predicted molar refractivity (Wildman–Crippen MR) is 224 cm³/mol. The van der Waals surface area contributed by atoms with Crippen molar-refractivity contribution in [3.8, 4) is 39.5 Å². The van der Waals surface area contributed by atoms with E-state index in [4.69, 9.17) is 14.4 Å². The van der Waals surface area contributed by atoms with Gasteiger partial charge in [-0.1, -0.05) is 127 Å². The van der Waals surface area contributed by atoms with Crippen molar-refractivity contribution in [3.05, 3.63) is 176 Å². The molecule has 54 heavy (non-hydrogen) atoms. The summed E-state index contributed by atoms with van der Waals surface area (Å²) in [5.74, 6) is 0.714. The zero-order chi connectivity index (χ0) is 35.3. The molecule has 12 rings (SSSR count). The first kappa shape index (κ1) is 29.3. The molecule has 250 valence electrons. The van der Waals surface area contributed by atoms with Crippen molar-refractivity contribution in [2.24, 2.45) is 0 Å². The van der Waals surface area contributed by atoms with Crippen LogP contribution in [-0.2, 0) is 0 Å². The third kappa shape index (κ3) is 4.25. The van der Waals surface area contributed by atoms with Gasteiger partial charge in [0.15, 0.2) is 5.82 Å². The van der Waals surface area contributed by atoms with Crippen LogP contribution in [0.15, 0.2) is 180 Å². The maximum absolute atomic E-state index is 6.62. The van der Waals surface area contributed by atoms with E-state index in [0.29, 0.717) is 5.82 Å². The summed E-state index contributed by atoms with van der Waals surface area (Å²) in [6.07, 6.45) is 0. The molecular weight excluding hydrogens is 659 g/mol. The van der Waals surface area contributed by atoms with Gasteiger partial charge in [0.25, 0.3) is 0 Å². The van der Waals surface area contributed by atoms with Crippen LogP contribution in [0.4, 0.5) is 0 Å². The Morgan fingerprint density at radius 3 is 1.72 bits per heavy atom. The quantitative estimate of drug-likeness (QED) is 0.185. The van der Waals surface area contributed by atoms with Gasteiger partial charge in [-0.2, -0.15) is 0 Å². The van der Waals surface area contributed by atoms with E-state index in [9.17, 15) is 0 Å². The molecule has 0 saturated heterocycles. The van der Waals surface area contributed by atoms with Crippen molar-refractivity contribution in [2.45, 2.75) is 0 Å². The van der Waals surface area contributed by atoms with Gasteiger partial charge in [-0.15, -0.1) is 0 Å². The van der Waals surface area contributed by atoms with E-state index in [0.717, 1.165) is 66.1 Å². The van der Waals surface area contributed by atoms with Crippen molar-refractivity contribution in [1.29, 1.82) is 0 Å². The third-order valence-electron chi connectivity index (χ3n) is 11.1. The maximum atomic E-state index is 6.62. The van der Waals surface area contributed by atoms with Crippen molar-refractivity contribution in [1.82, 2.24) is 14.5 Å². The summed E-state index contributed by atoms with van der Waals surface area (Å²) < 4.78 is 9.04. The first-order chi connectivity index (χ1) is 26.7. The number of para-hydroxylation sites is 1. The highest BCUT2D eigenvalue weighted by Gasteiger charge is 2.21. The van der Waals surface area contributed by atoms with Gasteiger partial charge in [0, 0.05) is 43.7 Å². The lowest BCUT2D eigenvalue weighted by Gasteiger charge is -2.12. The molecule has 0 radical (unpaired) electrons. The van der Waals surface area contributed by atoms with Crippen LogP contribution in [0.1, 0.15) is 0 Å². The molecule has 0 amide bonds. The van der Waals surface area contributed by atoms with Gasteiger partial charge in [0.1, 0.15) is 11.2 Å². The lowest BCUT2D eigenvalue weighted by molar-refractivity contribution is 0.664. The molecule has 0 spiro atoms. The highest BCUT2D eigenvalue weighted by atomic mass is 16.3. The summed E-state index contributed by atoms with van der Waals surface area (Å²) in [7, 11) is 0. The number of nitrogens with zero attached hydrogens (tertiary/aromatic N) is 3. The minimum atomic E-state index is 0.714. The molecule has 0 atom stereocenters. The molecule has 3 aromatic heterocycles. The molecule has 4 nitrogen and oxygen atoms in total. The smallest absolute Gasteiger partial charge is 0.160 e. The Kier molecular flexibility index (Phi) is 6.02. The van der Waals surface area contributed by atoms with Crippen LogP contribution < -0.4 is 0 Å². The Hall–Kier alpha value is -7.30. The Bertz CT molecular complexity index is 3330. The summed E-state index contributed by atoms with van der Waals surface area (Å²) >= 11 is 0. The standard InChI is InChI=1S/C50H29N3O/c1-2-8-30(9-3-1)31-16-18-34(19-17-31)49-39-12-4-5-13-40(39)51-50(52-49)37-21-20-36-29-38(25-22-35(36)28-37)53-41-26-23-32-10-6-14-43-45(32)47(41)48-42(53)27-24-33-11-7-15-44(54-43)46(33)48/h1-29H. The first-order valence-electron chi connectivity index (χ1n) is 18.3. The van der Waals surface area contributed by atoms with E-state index in [1.807, 2.05) is 12.1 Å². The Morgan fingerprint density at radius 1 is 0.389 bits per heavy atom. The molecular formula is C50H29N3O. The summed E-state index contributed by atoms with van der Waals surface area (Å²) in [6, 6.07) is 62.4. The summed E-state index contributed by atoms with van der Waals surface area (Å²) in [5.41, 5.74) is 11.5. The average molecular weight is 688 g/mol. The second kappa shape index (κ2) is 11.1. The lowest BCUT2D eigenvalue weighted by Crippen LogP contribution is -1.96. The van der Waals surface area contributed by atoms with Crippen LogP contribution in [-0.4, -0.2) is 14.5 Å². The molecule has 0 aliphatic heterocycles. The van der Waals surface area contributed by atoms with Crippen molar-refractivity contribution >= 4 is 76.2 Å². The maximum Gasteiger partial charge on any atom is 0.160 e. The molecule has 0 fully saturated rings. The minimum Gasteiger partial charge on any atom is -0.456 e. The van der Waals surface area contributed by atoms with Crippen LogP contribution in [0.2, 0.25) is 0 Å². The summed E-state index contributed by atoms with van der Waals surface area (Å²) in [4.78, 5) is 10.3. The topological polar surface area (TPSA) is 43.9 Å². The van der Waals surface area contributed by atoms with E-state index >= 15 is 0 Å². The van der Waals surface area contributed by atoms with Gasteiger partial charge in [0.2, 0.25) is 0 Å². The number of hydrogen-bond acceptors (Lipinski definition) is 3. The molecule has 9 aromatic carbocycles. The summed E-state index contributed by atoms with van der Waals surface area (Å²) in [6.45, 7) is 0. The molecule has 0 unspecified atom stereocenters. The monoisotopic (exact) mass is 687 g/mol. The van der Waals surface area contributed by atoms with Gasteiger partial charge in [-0.25, -0.2) is 9.97 Å². The van der Waals surface area contributed by atoms with E-state index in [2.05, 4.69) is 168 Å². The molecule has 0 bridgehead atoms. The third-order valence-corrected chi connectivity index (χ3v) is 11.1. The molecule has 12 aromatic rings. The minimum absolute atomic E-state index is 0.714. The first-order valence-corrected chi connectivity index (χ1v) is 18.3. The van der Waals surface area contributed by atoms with Gasteiger partial charge in [-0.05, 0) is 81.2 Å². The van der Waals surface area contributed by atoms with Crippen molar-refractivity contribution < 1.29 is 4.42 Å².